The molecule has 106 valence electrons. The Morgan fingerprint density at radius 1 is 1.25 bits per heavy atom. The normalized spacial score (nSPS) is 21.9. The number of benzene rings is 1. The van der Waals surface area contributed by atoms with Crippen LogP contribution in [0.2, 0.25) is 0 Å². The summed E-state index contributed by atoms with van der Waals surface area (Å²) >= 11 is 5.50. The number of carbonyl (C=O) groups excluding carboxylic acids is 1. The van der Waals surface area contributed by atoms with E-state index in [1.54, 1.807) is 36.3 Å². The number of hydrogen-bond acceptors (Lipinski definition) is 3. The lowest BCUT2D eigenvalue weighted by Crippen LogP contribution is -2.53. The Hall–Kier alpha value is -1.62. The van der Waals surface area contributed by atoms with Gasteiger partial charge in [0.05, 0.1) is 7.11 Å². The Kier molecular flexibility index (Phi) is 3.61. The Morgan fingerprint density at radius 2 is 2.00 bits per heavy atom. The zero-order valence-electron chi connectivity index (χ0n) is 11.5. The molecule has 0 radical (unpaired) electrons. The molecule has 0 aromatic heterocycles. The molecule has 2 fully saturated rings. The van der Waals surface area contributed by atoms with Crippen molar-refractivity contribution in [2.75, 3.05) is 20.2 Å². The van der Waals surface area contributed by atoms with E-state index in [-0.39, 0.29) is 5.91 Å². The Morgan fingerprint density at radius 3 is 2.70 bits per heavy atom. The maximum Gasteiger partial charge on any atom is 0.260 e. The minimum Gasteiger partial charge on any atom is -0.497 e. The number of ether oxygens (including phenoxy) is 1. The summed E-state index contributed by atoms with van der Waals surface area (Å²) in [6.07, 6.45) is 3.39. The van der Waals surface area contributed by atoms with Crippen molar-refractivity contribution < 1.29 is 9.53 Å². The topological polar surface area (TPSA) is 32.8 Å². The van der Waals surface area contributed by atoms with Crippen molar-refractivity contribution in [3.05, 3.63) is 29.8 Å². The molecule has 1 amide bonds. The summed E-state index contributed by atoms with van der Waals surface area (Å²) in [5.74, 6) is 0.741. The van der Waals surface area contributed by atoms with Crippen LogP contribution in [0.3, 0.4) is 0 Å². The van der Waals surface area contributed by atoms with Gasteiger partial charge in [-0.15, -0.1) is 0 Å². The first-order valence-corrected chi connectivity index (χ1v) is 7.38. The molecule has 5 heteroatoms. The molecule has 1 atom stereocenters. The minimum absolute atomic E-state index is 0.0111. The van der Waals surface area contributed by atoms with E-state index in [9.17, 15) is 4.79 Å². The van der Waals surface area contributed by atoms with Gasteiger partial charge in [-0.3, -0.25) is 9.69 Å². The summed E-state index contributed by atoms with van der Waals surface area (Å²) in [4.78, 5) is 16.5. The molecule has 1 aromatic carbocycles. The van der Waals surface area contributed by atoms with Gasteiger partial charge in [0, 0.05) is 24.7 Å². The zero-order chi connectivity index (χ0) is 14.1. The highest BCUT2D eigenvalue weighted by atomic mass is 32.1. The number of rotatable bonds is 2. The highest BCUT2D eigenvalue weighted by molar-refractivity contribution is 7.80. The van der Waals surface area contributed by atoms with E-state index < -0.39 is 0 Å². The average molecular weight is 290 g/mol. The van der Waals surface area contributed by atoms with Gasteiger partial charge in [0.2, 0.25) is 0 Å². The molecule has 0 aliphatic carbocycles. The number of thiocarbonyl (C=S) groups is 1. The largest absolute Gasteiger partial charge is 0.497 e. The van der Waals surface area contributed by atoms with Gasteiger partial charge in [0.25, 0.3) is 5.91 Å². The van der Waals surface area contributed by atoms with Crippen molar-refractivity contribution in [2.45, 2.75) is 25.3 Å². The lowest BCUT2D eigenvalue weighted by molar-refractivity contribution is 0.0800. The van der Waals surface area contributed by atoms with E-state index in [2.05, 4.69) is 4.90 Å². The van der Waals surface area contributed by atoms with E-state index in [4.69, 9.17) is 17.0 Å². The van der Waals surface area contributed by atoms with E-state index in [1.165, 1.54) is 12.8 Å². The van der Waals surface area contributed by atoms with Crippen molar-refractivity contribution in [3.8, 4) is 5.75 Å². The molecule has 0 saturated carbocycles. The van der Waals surface area contributed by atoms with Crippen LogP contribution in [0, 0.1) is 0 Å². The minimum atomic E-state index is -0.0111. The fourth-order valence-corrected chi connectivity index (χ4v) is 3.41. The molecular weight excluding hydrogens is 272 g/mol. The van der Waals surface area contributed by atoms with Crippen LogP contribution in [0.1, 0.15) is 29.6 Å². The van der Waals surface area contributed by atoms with Crippen LogP contribution in [-0.4, -0.2) is 47.1 Å². The molecule has 2 heterocycles. The number of nitrogens with zero attached hydrogens (tertiary/aromatic N) is 2. The third-order valence-corrected chi connectivity index (χ3v) is 4.58. The van der Waals surface area contributed by atoms with Crippen LogP contribution in [0.15, 0.2) is 24.3 Å². The molecular formula is C15H18N2O2S. The molecule has 1 unspecified atom stereocenters. The van der Waals surface area contributed by atoms with Crippen molar-refractivity contribution in [1.82, 2.24) is 9.80 Å². The van der Waals surface area contributed by atoms with Crippen LogP contribution in [0.4, 0.5) is 0 Å². The smallest absolute Gasteiger partial charge is 0.260 e. The van der Waals surface area contributed by atoms with Crippen LogP contribution < -0.4 is 4.74 Å². The predicted octanol–water partition coefficient (Wildman–Crippen LogP) is 2.29. The maximum atomic E-state index is 12.6. The molecule has 0 bridgehead atoms. The molecule has 0 N–H and O–H groups in total. The standard InChI is InChI=1S/C15H18N2O2S/c1-19-13-6-4-11(5-7-13)14(18)17-10-8-12-3-2-9-16(12)15(17)20/h4-7,12H,2-3,8-10H2,1H3. The lowest BCUT2D eigenvalue weighted by Gasteiger charge is -2.39. The molecule has 2 saturated heterocycles. The van der Waals surface area contributed by atoms with Crippen molar-refractivity contribution >= 4 is 23.2 Å². The Labute approximate surface area is 124 Å². The fourth-order valence-electron chi connectivity index (χ4n) is 2.99. The quantitative estimate of drug-likeness (QED) is 0.782. The van der Waals surface area contributed by atoms with Gasteiger partial charge in [0.1, 0.15) is 5.75 Å². The first-order chi connectivity index (χ1) is 9.70. The summed E-state index contributed by atoms with van der Waals surface area (Å²) < 4.78 is 5.11. The highest BCUT2D eigenvalue weighted by Gasteiger charge is 2.36. The van der Waals surface area contributed by atoms with Crippen molar-refractivity contribution in [2.24, 2.45) is 0 Å². The summed E-state index contributed by atoms with van der Waals surface area (Å²) in [5, 5.41) is 0.694. The predicted molar refractivity (Wildman–Crippen MR) is 81.0 cm³/mol. The second kappa shape index (κ2) is 5.40. The lowest BCUT2D eigenvalue weighted by atomic mass is 10.1. The van der Waals surface area contributed by atoms with Crippen molar-refractivity contribution in [3.63, 3.8) is 0 Å². The number of hydrogen-bond donors (Lipinski definition) is 0. The van der Waals surface area contributed by atoms with Gasteiger partial charge in [0.15, 0.2) is 5.11 Å². The zero-order valence-corrected chi connectivity index (χ0v) is 12.4. The molecule has 0 spiro atoms. The van der Waals surface area contributed by atoms with Gasteiger partial charge in [-0.2, -0.15) is 0 Å². The second-order valence-electron chi connectivity index (χ2n) is 5.25. The molecule has 2 aliphatic heterocycles. The Balaban J connectivity index is 1.77. The van der Waals surface area contributed by atoms with Gasteiger partial charge >= 0.3 is 0 Å². The molecule has 4 nitrogen and oxygen atoms in total. The van der Waals surface area contributed by atoms with E-state index in [0.29, 0.717) is 16.7 Å². The SMILES string of the molecule is COc1ccc(C(=O)N2CCC3CCCN3C2=S)cc1. The monoisotopic (exact) mass is 290 g/mol. The average Bonchev–Trinajstić information content (AvgIpc) is 2.96. The Bertz CT molecular complexity index is 529. The number of amides is 1. The third-order valence-electron chi connectivity index (χ3n) is 4.12. The summed E-state index contributed by atoms with van der Waals surface area (Å²) in [7, 11) is 1.62. The van der Waals surface area contributed by atoms with Crippen LogP contribution in [0.25, 0.3) is 0 Å². The summed E-state index contributed by atoms with van der Waals surface area (Å²) in [6, 6.07) is 7.74. The van der Waals surface area contributed by atoms with Gasteiger partial charge in [-0.1, -0.05) is 0 Å². The third kappa shape index (κ3) is 2.26. The number of methoxy groups -OCH3 is 1. The molecule has 20 heavy (non-hydrogen) atoms. The fraction of sp³-hybridized carbons (Fsp3) is 0.467. The van der Waals surface area contributed by atoms with E-state index in [0.717, 1.165) is 25.3 Å². The van der Waals surface area contributed by atoms with Gasteiger partial charge in [-0.25, -0.2) is 0 Å². The summed E-state index contributed by atoms with van der Waals surface area (Å²) in [5.41, 5.74) is 0.658. The van der Waals surface area contributed by atoms with Gasteiger partial charge in [-0.05, 0) is 55.7 Å². The van der Waals surface area contributed by atoms with Gasteiger partial charge < -0.3 is 9.64 Å². The highest BCUT2D eigenvalue weighted by Crippen LogP contribution is 2.27. The van der Waals surface area contributed by atoms with Crippen LogP contribution >= 0.6 is 12.2 Å². The molecule has 2 aliphatic rings. The number of fused-ring (bicyclic) bond motifs is 1. The van der Waals surface area contributed by atoms with E-state index in [1.807, 2.05) is 0 Å². The van der Waals surface area contributed by atoms with Crippen LogP contribution in [-0.2, 0) is 0 Å². The van der Waals surface area contributed by atoms with E-state index >= 15 is 0 Å². The first kappa shape index (κ1) is 13.4. The number of carbonyl (C=O) groups is 1. The molecule has 3 rings (SSSR count). The molecule has 1 aromatic rings. The second-order valence-corrected chi connectivity index (χ2v) is 5.61. The van der Waals surface area contributed by atoms with Crippen LogP contribution in [0.5, 0.6) is 5.75 Å². The maximum absolute atomic E-state index is 12.6. The van der Waals surface area contributed by atoms with Crippen molar-refractivity contribution in [1.29, 1.82) is 0 Å². The summed E-state index contributed by atoms with van der Waals surface area (Å²) in [6.45, 7) is 1.71. The first-order valence-electron chi connectivity index (χ1n) is 6.97.